The number of carbonyl (C=O) groups excluding carboxylic acids is 1. The highest BCUT2D eigenvalue weighted by Gasteiger charge is 2.14. The minimum atomic E-state index is -0.0709. The highest BCUT2D eigenvalue weighted by atomic mass is 32.1. The molecule has 0 aliphatic rings. The van der Waals surface area contributed by atoms with Crippen LogP contribution in [0.15, 0.2) is 30.3 Å². The Morgan fingerprint density at radius 1 is 1.29 bits per heavy atom. The summed E-state index contributed by atoms with van der Waals surface area (Å²) < 4.78 is 4.14. The van der Waals surface area contributed by atoms with E-state index in [1.807, 2.05) is 32.9 Å². The Labute approximate surface area is 127 Å². The first-order valence-electron chi connectivity index (χ1n) is 6.86. The number of carbonyl (C=O) groups is 1. The standard InChI is InChI=1S/C16H17N3OS/c1-9-6-13-8-12(4-5-14(13)17-9)11(3)18-16(20)15-7-10(2)19-21-15/h4-8,11,17H,1-3H3,(H,18,20). The molecule has 2 aromatic heterocycles. The van der Waals surface area contributed by atoms with Crippen molar-refractivity contribution in [1.82, 2.24) is 14.7 Å². The summed E-state index contributed by atoms with van der Waals surface area (Å²) in [5, 5.41) is 4.18. The minimum Gasteiger partial charge on any atom is -0.359 e. The molecule has 1 aromatic carbocycles. The quantitative estimate of drug-likeness (QED) is 0.774. The Hall–Kier alpha value is -2.14. The Morgan fingerprint density at radius 2 is 2.10 bits per heavy atom. The second-order valence-electron chi connectivity index (χ2n) is 5.33. The van der Waals surface area contributed by atoms with Crippen LogP contribution in [0, 0.1) is 13.8 Å². The largest absolute Gasteiger partial charge is 0.359 e. The molecule has 0 saturated carbocycles. The van der Waals surface area contributed by atoms with Gasteiger partial charge >= 0.3 is 0 Å². The van der Waals surface area contributed by atoms with Crippen molar-refractivity contribution in [3.05, 3.63) is 52.2 Å². The van der Waals surface area contributed by atoms with Gasteiger partial charge in [0.15, 0.2) is 0 Å². The van der Waals surface area contributed by atoms with Crippen molar-refractivity contribution in [1.29, 1.82) is 0 Å². The molecular formula is C16H17N3OS. The second kappa shape index (κ2) is 5.33. The lowest BCUT2D eigenvalue weighted by molar-refractivity contribution is 0.0944. The number of aromatic nitrogens is 2. The van der Waals surface area contributed by atoms with E-state index >= 15 is 0 Å². The van der Waals surface area contributed by atoms with Crippen molar-refractivity contribution >= 4 is 28.3 Å². The highest BCUT2D eigenvalue weighted by Crippen LogP contribution is 2.21. The maximum Gasteiger partial charge on any atom is 0.263 e. The van der Waals surface area contributed by atoms with Crippen LogP contribution in [0.4, 0.5) is 0 Å². The lowest BCUT2D eigenvalue weighted by Crippen LogP contribution is -2.25. The number of hydrogen-bond donors (Lipinski definition) is 2. The number of nitrogens with zero attached hydrogens (tertiary/aromatic N) is 1. The summed E-state index contributed by atoms with van der Waals surface area (Å²) in [7, 11) is 0. The lowest BCUT2D eigenvalue weighted by atomic mass is 10.1. The fourth-order valence-corrected chi connectivity index (χ4v) is 3.05. The third kappa shape index (κ3) is 2.83. The number of H-pyrrole nitrogens is 1. The molecule has 0 fully saturated rings. The van der Waals surface area contributed by atoms with E-state index in [0.29, 0.717) is 4.88 Å². The average molecular weight is 299 g/mol. The summed E-state index contributed by atoms with van der Waals surface area (Å²) >= 11 is 1.23. The van der Waals surface area contributed by atoms with Crippen LogP contribution >= 0.6 is 11.5 Å². The zero-order valence-electron chi connectivity index (χ0n) is 12.2. The van der Waals surface area contributed by atoms with Crippen LogP contribution < -0.4 is 5.32 Å². The molecule has 0 spiro atoms. The van der Waals surface area contributed by atoms with Crippen molar-refractivity contribution in [3.8, 4) is 0 Å². The molecule has 1 unspecified atom stereocenters. The molecule has 0 bridgehead atoms. The van der Waals surface area contributed by atoms with Gasteiger partial charge in [-0.2, -0.15) is 4.37 Å². The molecule has 2 N–H and O–H groups in total. The Bertz CT molecular complexity index is 803. The highest BCUT2D eigenvalue weighted by molar-refractivity contribution is 7.08. The molecule has 3 rings (SSSR count). The van der Waals surface area contributed by atoms with Gasteiger partial charge in [0.1, 0.15) is 4.88 Å². The van der Waals surface area contributed by atoms with Gasteiger partial charge in [-0.15, -0.1) is 0 Å². The smallest absolute Gasteiger partial charge is 0.263 e. The topological polar surface area (TPSA) is 57.8 Å². The van der Waals surface area contributed by atoms with E-state index in [4.69, 9.17) is 0 Å². The maximum atomic E-state index is 12.2. The molecule has 108 valence electrons. The van der Waals surface area contributed by atoms with E-state index in [-0.39, 0.29) is 11.9 Å². The maximum absolute atomic E-state index is 12.2. The molecule has 3 aromatic rings. The monoisotopic (exact) mass is 299 g/mol. The van der Waals surface area contributed by atoms with Gasteiger partial charge in [0.25, 0.3) is 5.91 Å². The van der Waals surface area contributed by atoms with Crippen molar-refractivity contribution < 1.29 is 4.79 Å². The number of benzene rings is 1. The van der Waals surface area contributed by atoms with Gasteiger partial charge in [-0.25, -0.2) is 0 Å². The molecule has 4 nitrogen and oxygen atoms in total. The van der Waals surface area contributed by atoms with Crippen molar-refractivity contribution in [2.45, 2.75) is 26.8 Å². The number of amides is 1. The average Bonchev–Trinajstić information content (AvgIpc) is 3.02. The summed E-state index contributed by atoms with van der Waals surface area (Å²) in [5.74, 6) is -0.0709. The van der Waals surface area contributed by atoms with Gasteiger partial charge in [0, 0.05) is 11.2 Å². The molecular weight excluding hydrogens is 282 g/mol. The van der Waals surface area contributed by atoms with Crippen LogP contribution in [-0.4, -0.2) is 15.3 Å². The number of nitrogens with one attached hydrogen (secondary N) is 2. The summed E-state index contributed by atoms with van der Waals surface area (Å²) in [6.07, 6.45) is 0. The van der Waals surface area contributed by atoms with Crippen LogP contribution in [0.2, 0.25) is 0 Å². The number of fused-ring (bicyclic) bond motifs is 1. The Balaban J connectivity index is 1.79. The molecule has 2 heterocycles. The van der Waals surface area contributed by atoms with Gasteiger partial charge in [-0.05, 0) is 67.5 Å². The zero-order valence-corrected chi connectivity index (χ0v) is 13.0. The van der Waals surface area contributed by atoms with Gasteiger partial charge in [0.05, 0.1) is 11.7 Å². The SMILES string of the molecule is Cc1cc(C(=O)NC(C)c2ccc3[nH]c(C)cc3c2)sn1. The predicted molar refractivity (Wildman–Crippen MR) is 85.8 cm³/mol. The third-order valence-electron chi connectivity index (χ3n) is 3.48. The molecule has 0 saturated heterocycles. The van der Waals surface area contributed by atoms with Gasteiger partial charge in [-0.3, -0.25) is 4.79 Å². The molecule has 0 aliphatic heterocycles. The van der Waals surface area contributed by atoms with Crippen LogP contribution in [0.5, 0.6) is 0 Å². The van der Waals surface area contributed by atoms with Crippen LogP contribution in [0.25, 0.3) is 10.9 Å². The fourth-order valence-electron chi connectivity index (χ4n) is 2.39. The van der Waals surface area contributed by atoms with E-state index in [1.165, 1.54) is 16.9 Å². The minimum absolute atomic E-state index is 0.0421. The fraction of sp³-hybridized carbons (Fsp3) is 0.250. The molecule has 0 aliphatic carbocycles. The Morgan fingerprint density at radius 3 is 2.81 bits per heavy atom. The number of hydrogen-bond acceptors (Lipinski definition) is 3. The molecule has 1 amide bonds. The summed E-state index contributed by atoms with van der Waals surface area (Å²) in [6.45, 7) is 5.92. The molecule has 0 radical (unpaired) electrons. The summed E-state index contributed by atoms with van der Waals surface area (Å²) in [6, 6.07) is 10.1. The van der Waals surface area contributed by atoms with Crippen molar-refractivity contribution in [3.63, 3.8) is 0 Å². The zero-order chi connectivity index (χ0) is 15.0. The molecule has 1 atom stereocenters. The first-order valence-corrected chi connectivity index (χ1v) is 7.64. The van der Waals surface area contributed by atoms with E-state index < -0.39 is 0 Å². The summed E-state index contributed by atoms with van der Waals surface area (Å²) in [4.78, 5) is 16.1. The second-order valence-corrected chi connectivity index (χ2v) is 6.13. The normalized spacial score (nSPS) is 12.5. The van der Waals surface area contributed by atoms with E-state index in [9.17, 15) is 4.79 Å². The Kier molecular flexibility index (Phi) is 3.51. The number of aromatic amines is 1. The van der Waals surface area contributed by atoms with Crippen LogP contribution in [0.3, 0.4) is 0 Å². The summed E-state index contributed by atoms with van der Waals surface area (Å²) in [5.41, 5.74) is 4.23. The number of aryl methyl sites for hydroxylation is 2. The van der Waals surface area contributed by atoms with Crippen LogP contribution in [-0.2, 0) is 0 Å². The first kappa shape index (κ1) is 13.8. The third-order valence-corrected chi connectivity index (χ3v) is 4.36. The molecule has 21 heavy (non-hydrogen) atoms. The van der Waals surface area contributed by atoms with Crippen molar-refractivity contribution in [2.24, 2.45) is 0 Å². The van der Waals surface area contributed by atoms with Gasteiger partial charge < -0.3 is 10.3 Å². The van der Waals surface area contributed by atoms with Gasteiger partial charge in [-0.1, -0.05) is 6.07 Å². The van der Waals surface area contributed by atoms with E-state index in [2.05, 4.69) is 32.9 Å². The van der Waals surface area contributed by atoms with E-state index in [1.54, 1.807) is 0 Å². The number of rotatable bonds is 3. The molecule has 5 heteroatoms. The predicted octanol–water partition coefficient (Wildman–Crippen LogP) is 3.73. The first-order chi connectivity index (χ1) is 10.0. The van der Waals surface area contributed by atoms with Crippen LogP contribution in [0.1, 0.15) is 39.6 Å². The van der Waals surface area contributed by atoms with Gasteiger partial charge in [0.2, 0.25) is 0 Å². The lowest BCUT2D eigenvalue weighted by Gasteiger charge is -2.13. The van der Waals surface area contributed by atoms with E-state index in [0.717, 1.165) is 22.5 Å². The van der Waals surface area contributed by atoms with Crippen molar-refractivity contribution in [2.75, 3.05) is 0 Å².